The van der Waals surface area contributed by atoms with E-state index in [1.807, 2.05) is 32.2 Å². The second kappa shape index (κ2) is 5.27. The largest absolute Gasteiger partial charge is 0.325 e. The Hall–Kier alpha value is -2.08. The average Bonchev–Trinajstić information content (AvgIpc) is 2.73. The topological polar surface area (TPSA) is 74.0 Å². The van der Waals surface area contributed by atoms with Crippen LogP contribution in [-0.4, -0.2) is 10.9 Å². The number of thiophene rings is 1. The molecular weight excluding hydrogens is 262 g/mol. The van der Waals surface area contributed by atoms with E-state index in [4.69, 9.17) is 0 Å². The van der Waals surface area contributed by atoms with Gasteiger partial charge in [0.05, 0.1) is 5.56 Å². The first kappa shape index (κ1) is 13.4. The SMILES string of the molecule is Cc1cc(C)c(NNC(=O)c2cscc2C)c(=O)[nH]1. The fourth-order valence-electron chi connectivity index (χ4n) is 1.79. The van der Waals surface area contributed by atoms with Gasteiger partial charge in [-0.3, -0.25) is 20.4 Å². The van der Waals surface area contributed by atoms with Gasteiger partial charge in [0, 0.05) is 11.1 Å². The summed E-state index contributed by atoms with van der Waals surface area (Å²) in [6, 6.07) is 1.84. The summed E-state index contributed by atoms with van der Waals surface area (Å²) in [6.07, 6.45) is 0. The smallest absolute Gasteiger partial charge is 0.273 e. The molecule has 6 heteroatoms. The fraction of sp³-hybridized carbons (Fsp3) is 0.231. The highest BCUT2D eigenvalue weighted by Crippen LogP contribution is 2.13. The van der Waals surface area contributed by atoms with Crippen LogP contribution in [0.5, 0.6) is 0 Å². The normalized spacial score (nSPS) is 10.3. The summed E-state index contributed by atoms with van der Waals surface area (Å²) in [7, 11) is 0. The van der Waals surface area contributed by atoms with Gasteiger partial charge in [-0.1, -0.05) is 0 Å². The number of nitrogens with one attached hydrogen (secondary N) is 3. The van der Waals surface area contributed by atoms with Crippen LogP contribution in [0.1, 0.15) is 27.2 Å². The van der Waals surface area contributed by atoms with Crippen LogP contribution < -0.4 is 16.4 Å². The van der Waals surface area contributed by atoms with Crippen molar-refractivity contribution in [2.75, 3.05) is 5.43 Å². The van der Waals surface area contributed by atoms with E-state index in [9.17, 15) is 9.59 Å². The molecule has 2 rings (SSSR count). The third kappa shape index (κ3) is 2.85. The maximum absolute atomic E-state index is 11.9. The summed E-state index contributed by atoms with van der Waals surface area (Å²) in [6.45, 7) is 5.49. The van der Waals surface area contributed by atoms with Crippen molar-refractivity contribution in [3.63, 3.8) is 0 Å². The van der Waals surface area contributed by atoms with Gasteiger partial charge in [-0.15, -0.1) is 0 Å². The highest BCUT2D eigenvalue weighted by Gasteiger charge is 2.11. The molecule has 5 nitrogen and oxygen atoms in total. The van der Waals surface area contributed by atoms with Gasteiger partial charge in [-0.25, -0.2) is 0 Å². The number of hydrogen-bond acceptors (Lipinski definition) is 4. The standard InChI is InChI=1S/C13H15N3O2S/c1-7-4-9(3)14-13(18)11(7)15-16-12(17)10-6-19-5-8(10)2/h4-6,15H,1-3H3,(H,14,18)(H,16,17). The molecule has 100 valence electrons. The second-order valence-corrected chi connectivity index (χ2v) is 5.13. The Labute approximate surface area is 114 Å². The van der Waals surface area contributed by atoms with Crippen molar-refractivity contribution in [3.05, 3.63) is 49.6 Å². The molecule has 0 saturated heterocycles. The molecule has 19 heavy (non-hydrogen) atoms. The van der Waals surface area contributed by atoms with Gasteiger partial charge >= 0.3 is 0 Å². The summed E-state index contributed by atoms with van der Waals surface area (Å²) in [4.78, 5) is 26.4. The summed E-state index contributed by atoms with van der Waals surface area (Å²) in [5.41, 5.74) is 8.42. The van der Waals surface area contributed by atoms with E-state index in [0.717, 1.165) is 16.8 Å². The third-order valence-corrected chi connectivity index (χ3v) is 3.63. The minimum absolute atomic E-state index is 0.250. The van der Waals surface area contributed by atoms with Crippen molar-refractivity contribution >= 4 is 22.9 Å². The number of aromatic amines is 1. The first-order chi connectivity index (χ1) is 8.99. The highest BCUT2D eigenvalue weighted by molar-refractivity contribution is 7.08. The van der Waals surface area contributed by atoms with Crippen LogP contribution in [-0.2, 0) is 0 Å². The Balaban J connectivity index is 2.14. The number of anilines is 1. The number of H-pyrrole nitrogens is 1. The molecule has 0 atom stereocenters. The minimum Gasteiger partial charge on any atom is -0.325 e. The van der Waals surface area contributed by atoms with Crippen LogP contribution in [0.25, 0.3) is 0 Å². The fourth-order valence-corrected chi connectivity index (χ4v) is 2.62. The molecule has 1 amide bonds. The predicted molar refractivity (Wildman–Crippen MR) is 76.7 cm³/mol. The van der Waals surface area contributed by atoms with Gasteiger partial charge in [0.1, 0.15) is 5.69 Å². The Bertz CT molecular complexity index is 673. The number of aromatic nitrogens is 1. The van der Waals surface area contributed by atoms with Crippen LogP contribution in [0.2, 0.25) is 0 Å². The molecule has 0 unspecified atom stereocenters. The molecule has 0 saturated carbocycles. The summed E-state index contributed by atoms with van der Waals surface area (Å²) < 4.78 is 0. The zero-order chi connectivity index (χ0) is 14.0. The van der Waals surface area contributed by atoms with Crippen LogP contribution in [0.4, 0.5) is 5.69 Å². The zero-order valence-electron chi connectivity index (χ0n) is 11.0. The number of carbonyl (C=O) groups excluding carboxylic acids is 1. The number of hydrazine groups is 1. The first-order valence-electron chi connectivity index (χ1n) is 5.78. The number of pyridine rings is 1. The van der Waals surface area contributed by atoms with Crippen molar-refractivity contribution in [2.24, 2.45) is 0 Å². The monoisotopic (exact) mass is 277 g/mol. The molecule has 2 heterocycles. The molecule has 2 aromatic rings. The predicted octanol–water partition coefficient (Wildman–Crippen LogP) is 2.12. The number of hydrogen-bond donors (Lipinski definition) is 3. The second-order valence-electron chi connectivity index (χ2n) is 4.39. The van der Waals surface area contributed by atoms with Gasteiger partial charge in [0.2, 0.25) is 0 Å². The van der Waals surface area contributed by atoms with Crippen molar-refractivity contribution in [3.8, 4) is 0 Å². The summed E-state index contributed by atoms with van der Waals surface area (Å²) in [5, 5.41) is 3.68. The number of rotatable bonds is 3. The van der Waals surface area contributed by atoms with Crippen molar-refractivity contribution in [1.29, 1.82) is 0 Å². The lowest BCUT2D eigenvalue weighted by molar-refractivity contribution is 0.0962. The van der Waals surface area contributed by atoms with Crippen LogP contribution in [0, 0.1) is 20.8 Å². The van der Waals surface area contributed by atoms with Crippen molar-refractivity contribution in [1.82, 2.24) is 10.4 Å². The van der Waals surface area contributed by atoms with Crippen LogP contribution >= 0.6 is 11.3 Å². The van der Waals surface area contributed by atoms with E-state index >= 15 is 0 Å². The quantitative estimate of drug-likeness (QED) is 0.752. The number of amides is 1. The van der Waals surface area contributed by atoms with Gasteiger partial charge < -0.3 is 4.98 Å². The molecule has 0 spiro atoms. The zero-order valence-corrected chi connectivity index (χ0v) is 11.8. The van der Waals surface area contributed by atoms with Gasteiger partial charge in [0.15, 0.2) is 0 Å². The lowest BCUT2D eigenvalue weighted by Gasteiger charge is -2.10. The van der Waals surface area contributed by atoms with E-state index < -0.39 is 0 Å². The van der Waals surface area contributed by atoms with Gasteiger partial charge in [0.25, 0.3) is 11.5 Å². The Morgan fingerprint density at radius 3 is 2.53 bits per heavy atom. The summed E-state index contributed by atoms with van der Waals surface area (Å²) in [5.74, 6) is -0.252. The van der Waals surface area contributed by atoms with Gasteiger partial charge in [-0.2, -0.15) is 11.3 Å². The van der Waals surface area contributed by atoms with E-state index in [1.54, 1.807) is 5.38 Å². The molecule has 0 radical (unpaired) electrons. The van der Waals surface area contributed by atoms with E-state index in [1.165, 1.54) is 11.3 Å². The average molecular weight is 277 g/mol. The molecule has 0 bridgehead atoms. The molecule has 0 aliphatic heterocycles. The van der Waals surface area contributed by atoms with Gasteiger partial charge in [-0.05, 0) is 43.3 Å². The first-order valence-corrected chi connectivity index (χ1v) is 6.73. The molecule has 0 aromatic carbocycles. The van der Waals surface area contributed by atoms with Crippen molar-refractivity contribution < 1.29 is 4.79 Å². The third-order valence-electron chi connectivity index (χ3n) is 2.77. The van der Waals surface area contributed by atoms with E-state index in [2.05, 4.69) is 15.8 Å². The number of aryl methyl sites for hydroxylation is 3. The Kier molecular flexibility index (Phi) is 3.71. The molecule has 0 aliphatic rings. The maximum atomic E-state index is 11.9. The van der Waals surface area contributed by atoms with Crippen LogP contribution in [0.3, 0.4) is 0 Å². The van der Waals surface area contributed by atoms with E-state index in [-0.39, 0.29) is 11.5 Å². The lowest BCUT2D eigenvalue weighted by Crippen LogP contribution is -2.33. The van der Waals surface area contributed by atoms with Crippen molar-refractivity contribution in [2.45, 2.75) is 20.8 Å². The molecule has 3 N–H and O–H groups in total. The molecular formula is C13H15N3O2S. The number of carbonyl (C=O) groups is 1. The molecule has 2 aromatic heterocycles. The maximum Gasteiger partial charge on any atom is 0.273 e. The molecule has 0 aliphatic carbocycles. The van der Waals surface area contributed by atoms with Crippen LogP contribution in [0.15, 0.2) is 21.6 Å². The Morgan fingerprint density at radius 1 is 1.21 bits per heavy atom. The molecule has 0 fully saturated rings. The Morgan fingerprint density at radius 2 is 1.95 bits per heavy atom. The van der Waals surface area contributed by atoms with E-state index in [0.29, 0.717) is 11.3 Å². The summed E-state index contributed by atoms with van der Waals surface area (Å²) >= 11 is 1.47. The minimum atomic E-state index is -0.252. The highest BCUT2D eigenvalue weighted by atomic mass is 32.1. The lowest BCUT2D eigenvalue weighted by atomic mass is 10.2.